The van der Waals surface area contributed by atoms with E-state index in [0.717, 1.165) is 6.42 Å². The highest BCUT2D eigenvalue weighted by Crippen LogP contribution is 2.49. The van der Waals surface area contributed by atoms with E-state index < -0.39 is 0 Å². The lowest BCUT2D eigenvalue weighted by atomic mass is 9.89. The molecule has 0 saturated carbocycles. The normalized spacial score (nSPS) is 14.1. The number of allylic oxidation sites excluding steroid dienone is 4. The molecule has 3 aromatic carbocycles. The minimum atomic E-state index is 1.05. The smallest absolute Gasteiger partial charge is 0.00453 e. The Hall–Kier alpha value is -2.86. The van der Waals surface area contributed by atoms with Gasteiger partial charge >= 0.3 is 0 Å². The third-order valence-corrected chi connectivity index (χ3v) is 5.37. The second-order valence-corrected chi connectivity index (χ2v) is 7.21. The van der Waals surface area contributed by atoms with Crippen LogP contribution in [0.4, 0.5) is 0 Å². The highest BCUT2D eigenvalue weighted by atomic mass is 14.3. The fraction of sp³-hybridized carbons (Fsp3) is 0.185. The first-order chi connectivity index (χ1) is 13.4. The molecule has 0 N–H and O–H groups in total. The largest absolute Gasteiger partial charge is 0.0654 e. The Balaban J connectivity index is 1.93. The van der Waals surface area contributed by atoms with Gasteiger partial charge in [-0.2, -0.15) is 0 Å². The zero-order chi connectivity index (χ0) is 18.5. The van der Waals surface area contributed by atoms with Crippen molar-refractivity contribution < 1.29 is 0 Å². The van der Waals surface area contributed by atoms with Gasteiger partial charge < -0.3 is 0 Å². The van der Waals surface area contributed by atoms with Crippen molar-refractivity contribution in [3.8, 4) is 0 Å². The number of unbranched alkanes of at least 4 members (excludes halogenated alkanes) is 1. The molecule has 1 aliphatic carbocycles. The van der Waals surface area contributed by atoms with Gasteiger partial charge in [-0.25, -0.2) is 0 Å². The van der Waals surface area contributed by atoms with E-state index in [1.54, 1.807) is 5.57 Å². The monoisotopic (exact) mass is 350 g/mol. The molecule has 0 bridgehead atoms. The summed E-state index contributed by atoms with van der Waals surface area (Å²) in [4.78, 5) is 0. The summed E-state index contributed by atoms with van der Waals surface area (Å²) < 4.78 is 0. The SMILES string of the molecule is CCCCC1=C(c2ccccc2)C(c2ccccc2)=C(c2ccccc2)C1. The fourth-order valence-corrected chi connectivity index (χ4v) is 4.08. The molecular formula is C27H26. The average molecular weight is 351 g/mol. The third-order valence-electron chi connectivity index (χ3n) is 5.37. The van der Waals surface area contributed by atoms with Gasteiger partial charge in [-0.1, -0.05) is 110 Å². The molecule has 0 radical (unpaired) electrons. The molecule has 0 heteroatoms. The summed E-state index contributed by atoms with van der Waals surface area (Å²) in [7, 11) is 0. The van der Waals surface area contributed by atoms with E-state index >= 15 is 0 Å². The van der Waals surface area contributed by atoms with E-state index in [0.29, 0.717) is 0 Å². The number of hydrogen-bond acceptors (Lipinski definition) is 0. The van der Waals surface area contributed by atoms with Crippen LogP contribution in [0.15, 0.2) is 96.6 Å². The summed E-state index contributed by atoms with van der Waals surface area (Å²) in [6, 6.07) is 32.8. The topological polar surface area (TPSA) is 0 Å². The van der Waals surface area contributed by atoms with Crippen LogP contribution >= 0.6 is 0 Å². The van der Waals surface area contributed by atoms with Gasteiger partial charge in [0.05, 0.1) is 0 Å². The Morgan fingerprint density at radius 2 is 1.07 bits per heavy atom. The lowest BCUT2D eigenvalue weighted by Gasteiger charge is -2.14. The molecule has 0 unspecified atom stereocenters. The van der Waals surface area contributed by atoms with Crippen LogP contribution in [0.1, 0.15) is 49.3 Å². The van der Waals surface area contributed by atoms with Gasteiger partial charge in [-0.15, -0.1) is 0 Å². The van der Waals surface area contributed by atoms with Gasteiger partial charge in [0.1, 0.15) is 0 Å². The molecule has 0 nitrogen and oxygen atoms in total. The van der Waals surface area contributed by atoms with Crippen LogP contribution in [0, 0.1) is 0 Å². The van der Waals surface area contributed by atoms with Crippen LogP contribution in [-0.4, -0.2) is 0 Å². The lowest BCUT2D eigenvalue weighted by molar-refractivity contribution is 0.782. The van der Waals surface area contributed by atoms with E-state index in [1.165, 1.54) is 52.7 Å². The number of rotatable bonds is 6. The van der Waals surface area contributed by atoms with Crippen molar-refractivity contribution in [3.63, 3.8) is 0 Å². The van der Waals surface area contributed by atoms with Crippen LogP contribution in [0.2, 0.25) is 0 Å². The molecule has 0 heterocycles. The van der Waals surface area contributed by atoms with Crippen molar-refractivity contribution in [2.24, 2.45) is 0 Å². The molecule has 0 saturated heterocycles. The maximum absolute atomic E-state index is 2.28. The van der Waals surface area contributed by atoms with E-state index in [1.807, 2.05) is 0 Å². The predicted octanol–water partition coefficient (Wildman–Crippen LogP) is 7.65. The van der Waals surface area contributed by atoms with Crippen molar-refractivity contribution in [1.29, 1.82) is 0 Å². The average Bonchev–Trinajstić information content (AvgIpc) is 3.13. The Kier molecular flexibility index (Phi) is 5.34. The fourth-order valence-electron chi connectivity index (χ4n) is 4.08. The molecule has 4 rings (SSSR count). The molecular weight excluding hydrogens is 324 g/mol. The molecule has 0 atom stereocenters. The minimum absolute atomic E-state index is 1.05. The first-order valence-corrected chi connectivity index (χ1v) is 10.00. The molecule has 134 valence electrons. The van der Waals surface area contributed by atoms with Crippen LogP contribution in [0.25, 0.3) is 16.7 Å². The van der Waals surface area contributed by atoms with Gasteiger partial charge in [0.15, 0.2) is 0 Å². The van der Waals surface area contributed by atoms with E-state index in [4.69, 9.17) is 0 Å². The zero-order valence-corrected chi connectivity index (χ0v) is 16.0. The molecule has 3 aromatic rings. The van der Waals surface area contributed by atoms with Crippen molar-refractivity contribution in [3.05, 3.63) is 113 Å². The second-order valence-electron chi connectivity index (χ2n) is 7.21. The molecule has 0 aromatic heterocycles. The summed E-state index contributed by atoms with van der Waals surface area (Å²) in [6.45, 7) is 2.28. The van der Waals surface area contributed by atoms with Crippen LogP contribution in [-0.2, 0) is 0 Å². The summed E-state index contributed by atoms with van der Waals surface area (Å²) in [5, 5.41) is 0. The summed E-state index contributed by atoms with van der Waals surface area (Å²) in [6.07, 6.45) is 4.70. The lowest BCUT2D eigenvalue weighted by Crippen LogP contribution is -1.92. The van der Waals surface area contributed by atoms with Crippen LogP contribution < -0.4 is 0 Å². The maximum atomic E-state index is 2.28. The van der Waals surface area contributed by atoms with E-state index in [9.17, 15) is 0 Å². The Morgan fingerprint density at radius 1 is 0.593 bits per heavy atom. The Bertz CT molecular complexity index is 945. The maximum Gasteiger partial charge on any atom is -0.00453 e. The Morgan fingerprint density at radius 3 is 1.59 bits per heavy atom. The van der Waals surface area contributed by atoms with Crippen LogP contribution in [0.5, 0.6) is 0 Å². The molecule has 0 spiro atoms. The van der Waals surface area contributed by atoms with Crippen molar-refractivity contribution >= 4 is 16.7 Å². The summed E-state index contributed by atoms with van der Waals surface area (Å²) in [5.74, 6) is 0. The zero-order valence-electron chi connectivity index (χ0n) is 16.0. The minimum Gasteiger partial charge on any atom is -0.0654 e. The van der Waals surface area contributed by atoms with E-state index in [-0.39, 0.29) is 0 Å². The third kappa shape index (κ3) is 3.66. The molecule has 0 aliphatic heterocycles. The van der Waals surface area contributed by atoms with Gasteiger partial charge in [-0.3, -0.25) is 0 Å². The highest BCUT2D eigenvalue weighted by Gasteiger charge is 2.26. The quantitative estimate of drug-likeness (QED) is 0.428. The predicted molar refractivity (Wildman–Crippen MR) is 117 cm³/mol. The van der Waals surface area contributed by atoms with Crippen molar-refractivity contribution in [2.75, 3.05) is 0 Å². The van der Waals surface area contributed by atoms with Gasteiger partial charge in [0.2, 0.25) is 0 Å². The van der Waals surface area contributed by atoms with E-state index in [2.05, 4.69) is 97.9 Å². The summed E-state index contributed by atoms with van der Waals surface area (Å²) in [5.41, 5.74) is 9.92. The highest BCUT2D eigenvalue weighted by molar-refractivity contribution is 6.19. The second kappa shape index (κ2) is 8.22. The standard InChI is InChI=1S/C27H26/c1-2-3-13-24-20-25(21-14-7-4-8-15-21)27(23-18-11-6-12-19-23)26(24)22-16-9-5-10-17-22/h4-12,14-19H,2-3,13,20H2,1H3. The Labute approximate surface area is 162 Å². The van der Waals surface area contributed by atoms with Gasteiger partial charge in [0.25, 0.3) is 0 Å². The van der Waals surface area contributed by atoms with Gasteiger partial charge in [-0.05, 0) is 52.7 Å². The molecule has 27 heavy (non-hydrogen) atoms. The van der Waals surface area contributed by atoms with Crippen molar-refractivity contribution in [2.45, 2.75) is 32.6 Å². The van der Waals surface area contributed by atoms with Crippen LogP contribution in [0.3, 0.4) is 0 Å². The summed E-state index contributed by atoms with van der Waals surface area (Å²) >= 11 is 0. The molecule has 0 amide bonds. The first-order valence-electron chi connectivity index (χ1n) is 10.00. The van der Waals surface area contributed by atoms with Crippen molar-refractivity contribution in [1.82, 2.24) is 0 Å². The number of hydrogen-bond donors (Lipinski definition) is 0. The molecule has 1 aliphatic rings. The first kappa shape index (κ1) is 17.5. The molecule has 0 fully saturated rings. The number of benzene rings is 3. The van der Waals surface area contributed by atoms with Gasteiger partial charge in [0, 0.05) is 0 Å².